The number of halogens is 2. The molecule has 1 fully saturated rings. The molecule has 2 heterocycles. The molecule has 150 valence electrons. The maximum absolute atomic E-state index is 13.1. The molecule has 11 heteroatoms. The van der Waals surface area contributed by atoms with Crippen molar-refractivity contribution in [3.8, 4) is 0 Å². The van der Waals surface area contributed by atoms with Gasteiger partial charge in [0.15, 0.2) is 18.2 Å². The maximum Gasteiger partial charge on any atom is 0.350 e. The minimum absolute atomic E-state index is 0.00614. The molecule has 0 saturated carbocycles. The molecule has 1 aromatic carbocycles. The van der Waals surface area contributed by atoms with Crippen LogP contribution in [0.5, 0.6) is 0 Å². The molecule has 28 heavy (non-hydrogen) atoms. The predicted octanol–water partition coefficient (Wildman–Crippen LogP) is 2.61. The van der Waals surface area contributed by atoms with E-state index in [1.165, 1.54) is 15.8 Å². The molecule has 1 aliphatic rings. The molecule has 2 aromatic rings. The molecule has 0 radical (unpaired) electrons. The second-order valence-corrected chi connectivity index (χ2v) is 8.80. The van der Waals surface area contributed by atoms with E-state index < -0.39 is 40.1 Å². The van der Waals surface area contributed by atoms with Crippen molar-refractivity contribution < 1.29 is 31.5 Å². The monoisotopic (exact) mass is 430 g/mol. The Morgan fingerprint density at radius 1 is 1.14 bits per heavy atom. The summed E-state index contributed by atoms with van der Waals surface area (Å²) in [5, 5.41) is 3.71. The van der Waals surface area contributed by atoms with Gasteiger partial charge in [-0.15, -0.1) is 11.3 Å². The first-order valence-corrected chi connectivity index (χ1v) is 10.6. The molecular formula is C17H16F2N2O5S2. The van der Waals surface area contributed by atoms with Gasteiger partial charge in [0, 0.05) is 24.8 Å². The van der Waals surface area contributed by atoms with E-state index in [0.29, 0.717) is 13.1 Å². The number of esters is 1. The number of nitrogens with zero attached hydrogens (tertiary/aromatic N) is 1. The van der Waals surface area contributed by atoms with Crippen molar-refractivity contribution in [3.05, 3.63) is 46.2 Å². The van der Waals surface area contributed by atoms with Gasteiger partial charge in [0.05, 0.1) is 0 Å². The molecule has 1 aromatic heterocycles. The largest absolute Gasteiger partial charge is 0.451 e. The minimum atomic E-state index is -3.80. The van der Waals surface area contributed by atoms with Crippen LogP contribution >= 0.6 is 11.3 Å². The van der Waals surface area contributed by atoms with Gasteiger partial charge in [-0.25, -0.2) is 22.0 Å². The molecular weight excluding hydrogens is 414 g/mol. The van der Waals surface area contributed by atoms with Gasteiger partial charge in [-0.3, -0.25) is 4.79 Å². The zero-order valence-electron chi connectivity index (χ0n) is 14.5. The predicted molar refractivity (Wildman–Crippen MR) is 97.6 cm³/mol. The number of carbonyl (C=O) groups is 2. The highest BCUT2D eigenvalue weighted by molar-refractivity contribution is 7.89. The molecule has 0 spiro atoms. The Kier molecular flexibility index (Phi) is 6.06. The Morgan fingerprint density at radius 3 is 2.54 bits per heavy atom. The van der Waals surface area contributed by atoms with E-state index >= 15 is 0 Å². The molecule has 1 aliphatic heterocycles. The second kappa shape index (κ2) is 8.33. The van der Waals surface area contributed by atoms with Crippen LogP contribution in [0, 0.1) is 11.6 Å². The number of carbonyl (C=O) groups excluding carboxylic acids is 2. The van der Waals surface area contributed by atoms with Gasteiger partial charge in [0.25, 0.3) is 5.91 Å². The third kappa shape index (κ3) is 4.37. The lowest BCUT2D eigenvalue weighted by atomic mass is 10.3. The Labute approximate surface area is 164 Å². The minimum Gasteiger partial charge on any atom is -0.451 e. The van der Waals surface area contributed by atoms with E-state index in [1.54, 1.807) is 0 Å². The summed E-state index contributed by atoms with van der Waals surface area (Å²) >= 11 is 0.899. The summed E-state index contributed by atoms with van der Waals surface area (Å²) in [6.07, 6.45) is 1.51. The molecule has 0 bridgehead atoms. The number of thiophene rings is 1. The molecule has 1 amide bonds. The number of nitrogens with one attached hydrogen (secondary N) is 1. The summed E-state index contributed by atoms with van der Waals surface area (Å²) in [6, 6.07) is 4.11. The van der Waals surface area contributed by atoms with Crippen LogP contribution in [0.25, 0.3) is 0 Å². The van der Waals surface area contributed by atoms with Crippen LogP contribution in [0.15, 0.2) is 34.5 Å². The molecule has 3 rings (SSSR count). The van der Waals surface area contributed by atoms with Gasteiger partial charge in [-0.05, 0) is 36.4 Å². The maximum atomic E-state index is 13.1. The standard InChI is InChI=1S/C17H16F2N2O5S2/c18-12-4-3-11(9-13(12)19)20-15(22)10-26-17(23)16-14(5-8-27-16)28(24,25)21-6-1-2-7-21/h3-5,8-9H,1-2,6-7,10H2,(H,20,22). The van der Waals surface area contributed by atoms with Crippen molar-refractivity contribution in [1.82, 2.24) is 4.31 Å². The highest BCUT2D eigenvalue weighted by Gasteiger charge is 2.32. The second-order valence-electron chi connectivity index (χ2n) is 5.98. The van der Waals surface area contributed by atoms with Crippen LogP contribution in [0.3, 0.4) is 0 Å². The zero-order chi connectivity index (χ0) is 20.3. The quantitative estimate of drug-likeness (QED) is 0.712. The molecule has 0 unspecified atom stereocenters. The topological polar surface area (TPSA) is 92.8 Å². The normalized spacial score (nSPS) is 14.8. The number of ether oxygens (including phenoxy) is 1. The van der Waals surface area contributed by atoms with Crippen molar-refractivity contribution in [2.45, 2.75) is 17.7 Å². The summed E-state index contributed by atoms with van der Waals surface area (Å²) in [7, 11) is -3.80. The first-order chi connectivity index (χ1) is 13.3. The summed E-state index contributed by atoms with van der Waals surface area (Å²) in [5.74, 6) is -3.92. The highest BCUT2D eigenvalue weighted by atomic mass is 32.2. The van der Waals surface area contributed by atoms with Crippen LogP contribution in [0.4, 0.5) is 14.5 Å². The van der Waals surface area contributed by atoms with Crippen molar-refractivity contribution in [2.75, 3.05) is 25.0 Å². The summed E-state index contributed by atoms with van der Waals surface area (Å²) in [4.78, 5) is 23.8. The third-order valence-corrected chi connectivity index (χ3v) is 7.00. The number of amides is 1. The Hall–Kier alpha value is -2.37. The lowest BCUT2D eigenvalue weighted by Gasteiger charge is -2.15. The average Bonchev–Trinajstić information content (AvgIpc) is 3.35. The molecule has 1 saturated heterocycles. The van der Waals surface area contributed by atoms with Crippen LogP contribution in [0.1, 0.15) is 22.5 Å². The van der Waals surface area contributed by atoms with E-state index in [0.717, 1.165) is 42.4 Å². The van der Waals surface area contributed by atoms with Gasteiger partial charge in [-0.2, -0.15) is 4.31 Å². The molecule has 1 N–H and O–H groups in total. The third-order valence-electron chi connectivity index (χ3n) is 4.04. The fourth-order valence-electron chi connectivity index (χ4n) is 2.68. The lowest BCUT2D eigenvalue weighted by molar-refractivity contribution is -0.119. The lowest BCUT2D eigenvalue weighted by Crippen LogP contribution is -2.29. The van der Waals surface area contributed by atoms with Crippen LogP contribution < -0.4 is 5.32 Å². The smallest absolute Gasteiger partial charge is 0.350 e. The fourth-order valence-corrected chi connectivity index (χ4v) is 5.49. The summed E-state index contributed by atoms with van der Waals surface area (Å²) in [5.41, 5.74) is -0.00614. The van der Waals surface area contributed by atoms with Crippen molar-refractivity contribution in [1.29, 1.82) is 0 Å². The first-order valence-electron chi connectivity index (χ1n) is 8.28. The van der Waals surface area contributed by atoms with Crippen molar-refractivity contribution in [2.24, 2.45) is 0 Å². The Bertz CT molecular complexity index is 1000. The molecule has 0 aliphatic carbocycles. The number of anilines is 1. The van der Waals surface area contributed by atoms with Gasteiger partial charge >= 0.3 is 5.97 Å². The van der Waals surface area contributed by atoms with E-state index in [4.69, 9.17) is 4.74 Å². The number of sulfonamides is 1. The first kappa shape index (κ1) is 20.4. The number of hydrogen-bond acceptors (Lipinski definition) is 6. The van der Waals surface area contributed by atoms with Gasteiger partial charge < -0.3 is 10.1 Å². The number of benzene rings is 1. The summed E-state index contributed by atoms with van der Waals surface area (Å²) < 4.78 is 57.5. The summed E-state index contributed by atoms with van der Waals surface area (Å²) in [6.45, 7) is 0.0749. The number of rotatable bonds is 6. The van der Waals surface area contributed by atoms with E-state index in [9.17, 15) is 26.8 Å². The molecule has 0 atom stereocenters. The number of hydrogen-bond donors (Lipinski definition) is 1. The van der Waals surface area contributed by atoms with Crippen molar-refractivity contribution in [3.63, 3.8) is 0 Å². The van der Waals surface area contributed by atoms with Crippen LogP contribution in [0.2, 0.25) is 0 Å². The van der Waals surface area contributed by atoms with Crippen LogP contribution in [-0.4, -0.2) is 44.3 Å². The Morgan fingerprint density at radius 2 is 1.86 bits per heavy atom. The average molecular weight is 430 g/mol. The zero-order valence-corrected chi connectivity index (χ0v) is 16.1. The molecule has 7 nitrogen and oxygen atoms in total. The highest BCUT2D eigenvalue weighted by Crippen LogP contribution is 2.28. The SMILES string of the molecule is O=C(COC(=O)c1sccc1S(=O)(=O)N1CCCC1)Nc1ccc(F)c(F)c1. The van der Waals surface area contributed by atoms with Gasteiger partial charge in [0.1, 0.15) is 9.77 Å². The van der Waals surface area contributed by atoms with Crippen molar-refractivity contribution >= 4 is 38.9 Å². The van der Waals surface area contributed by atoms with E-state index in [1.807, 2.05) is 0 Å². The van der Waals surface area contributed by atoms with E-state index in [-0.39, 0.29) is 15.5 Å². The van der Waals surface area contributed by atoms with Gasteiger partial charge in [0.2, 0.25) is 10.0 Å². The van der Waals surface area contributed by atoms with E-state index in [2.05, 4.69) is 5.32 Å². The Balaban J connectivity index is 1.63. The van der Waals surface area contributed by atoms with Crippen LogP contribution in [-0.2, 0) is 19.6 Å². The fraction of sp³-hybridized carbons (Fsp3) is 0.294. The van der Waals surface area contributed by atoms with Gasteiger partial charge in [-0.1, -0.05) is 0 Å².